The third kappa shape index (κ3) is 2.68. The lowest BCUT2D eigenvalue weighted by Gasteiger charge is -2.21. The normalized spacial score (nSPS) is 25.4. The Labute approximate surface area is 103 Å². The van der Waals surface area contributed by atoms with Crippen molar-refractivity contribution in [1.82, 2.24) is 15.5 Å². The fourth-order valence-corrected chi connectivity index (χ4v) is 2.39. The maximum atomic E-state index is 5.49. The van der Waals surface area contributed by atoms with Crippen molar-refractivity contribution < 1.29 is 4.52 Å². The van der Waals surface area contributed by atoms with Gasteiger partial charge in [-0.25, -0.2) is 0 Å². The average molecular weight is 237 g/mol. The van der Waals surface area contributed by atoms with Crippen LogP contribution in [0.15, 0.2) is 4.52 Å². The highest BCUT2D eigenvalue weighted by Gasteiger charge is 2.39. The maximum Gasteiger partial charge on any atom is 0.234 e. The molecule has 96 valence electrons. The second-order valence-corrected chi connectivity index (χ2v) is 6.31. The summed E-state index contributed by atoms with van der Waals surface area (Å²) in [5.74, 6) is 1.66. The largest absolute Gasteiger partial charge is 0.339 e. The van der Waals surface area contributed by atoms with E-state index in [1.54, 1.807) is 0 Å². The van der Waals surface area contributed by atoms with Gasteiger partial charge in [-0.15, -0.1) is 0 Å². The molecule has 2 rings (SSSR count). The topological polar surface area (TPSA) is 51.0 Å². The van der Waals surface area contributed by atoms with Crippen molar-refractivity contribution in [1.29, 1.82) is 0 Å². The van der Waals surface area contributed by atoms with Crippen molar-refractivity contribution in [2.24, 2.45) is 5.41 Å². The number of aromatic nitrogens is 2. The Morgan fingerprint density at radius 1 is 1.41 bits per heavy atom. The SMILES string of the molecule is CCC1(c2nc(CC(C)(C)C)no2)CCNC1. The zero-order chi connectivity index (χ0) is 12.5. The molecule has 1 aromatic heterocycles. The molecule has 1 unspecified atom stereocenters. The fraction of sp³-hybridized carbons (Fsp3) is 0.846. The lowest BCUT2D eigenvalue weighted by molar-refractivity contribution is 0.281. The van der Waals surface area contributed by atoms with Crippen LogP contribution in [-0.2, 0) is 11.8 Å². The van der Waals surface area contributed by atoms with E-state index >= 15 is 0 Å². The number of nitrogens with zero attached hydrogens (tertiary/aromatic N) is 2. The summed E-state index contributed by atoms with van der Waals surface area (Å²) in [4.78, 5) is 4.60. The lowest BCUT2D eigenvalue weighted by atomic mass is 9.84. The van der Waals surface area contributed by atoms with Gasteiger partial charge >= 0.3 is 0 Å². The maximum absolute atomic E-state index is 5.49. The van der Waals surface area contributed by atoms with E-state index in [2.05, 4.69) is 43.2 Å². The molecule has 0 spiro atoms. The predicted molar refractivity (Wildman–Crippen MR) is 66.9 cm³/mol. The van der Waals surface area contributed by atoms with E-state index in [-0.39, 0.29) is 10.8 Å². The van der Waals surface area contributed by atoms with Gasteiger partial charge < -0.3 is 9.84 Å². The Balaban J connectivity index is 2.17. The van der Waals surface area contributed by atoms with Crippen molar-refractivity contribution in [3.8, 4) is 0 Å². The summed E-state index contributed by atoms with van der Waals surface area (Å²) >= 11 is 0. The van der Waals surface area contributed by atoms with Crippen LogP contribution in [0.3, 0.4) is 0 Å². The van der Waals surface area contributed by atoms with E-state index in [9.17, 15) is 0 Å². The fourth-order valence-electron chi connectivity index (χ4n) is 2.39. The molecule has 1 saturated heterocycles. The monoisotopic (exact) mass is 237 g/mol. The minimum Gasteiger partial charge on any atom is -0.339 e. The molecule has 1 aliphatic heterocycles. The van der Waals surface area contributed by atoms with Crippen LogP contribution in [0.4, 0.5) is 0 Å². The van der Waals surface area contributed by atoms with Crippen LogP contribution in [0.2, 0.25) is 0 Å². The van der Waals surface area contributed by atoms with E-state index in [0.29, 0.717) is 0 Å². The molecule has 0 aromatic carbocycles. The van der Waals surface area contributed by atoms with Gasteiger partial charge in [0, 0.05) is 13.0 Å². The van der Waals surface area contributed by atoms with Crippen molar-refractivity contribution in [2.45, 2.75) is 52.4 Å². The van der Waals surface area contributed by atoms with Crippen LogP contribution < -0.4 is 5.32 Å². The minimum absolute atomic E-state index is 0.0726. The van der Waals surface area contributed by atoms with E-state index in [1.165, 1.54) is 0 Å². The Bertz CT molecular complexity index is 372. The third-order valence-corrected chi connectivity index (χ3v) is 3.53. The molecule has 1 atom stereocenters. The second kappa shape index (κ2) is 4.41. The van der Waals surface area contributed by atoms with E-state index in [1.807, 2.05) is 0 Å². The smallest absolute Gasteiger partial charge is 0.234 e. The Hall–Kier alpha value is -0.900. The molecule has 1 aromatic rings. The molecule has 0 aliphatic carbocycles. The van der Waals surface area contributed by atoms with Gasteiger partial charge in [-0.3, -0.25) is 0 Å². The Kier molecular flexibility index (Phi) is 3.25. The summed E-state index contributed by atoms with van der Waals surface area (Å²) in [6.45, 7) is 10.8. The van der Waals surface area contributed by atoms with Crippen LogP contribution in [-0.4, -0.2) is 23.2 Å². The van der Waals surface area contributed by atoms with Gasteiger partial charge in [0.1, 0.15) is 0 Å². The van der Waals surface area contributed by atoms with Crippen molar-refractivity contribution >= 4 is 0 Å². The molecule has 2 heterocycles. The lowest BCUT2D eigenvalue weighted by Crippen LogP contribution is -2.28. The number of nitrogens with one attached hydrogen (secondary N) is 1. The average Bonchev–Trinajstić information content (AvgIpc) is 2.83. The molecule has 4 nitrogen and oxygen atoms in total. The highest BCUT2D eigenvalue weighted by Crippen LogP contribution is 2.33. The van der Waals surface area contributed by atoms with Gasteiger partial charge in [0.2, 0.25) is 5.89 Å². The zero-order valence-corrected chi connectivity index (χ0v) is 11.3. The molecule has 0 radical (unpaired) electrons. The summed E-state index contributed by atoms with van der Waals surface area (Å²) < 4.78 is 5.49. The minimum atomic E-state index is 0.0726. The standard InChI is InChI=1S/C13H23N3O/c1-5-13(6-7-14-9-13)11-15-10(16-17-11)8-12(2,3)4/h14H,5-9H2,1-4H3. The molecule has 0 bridgehead atoms. The quantitative estimate of drug-likeness (QED) is 0.876. The van der Waals surface area contributed by atoms with Crippen molar-refractivity contribution in [3.63, 3.8) is 0 Å². The summed E-state index contributed by atoms with van der Waals surface area (Å²) in [6, 6.07) is 0. The molecule has 4 heteroatoms. The molecular weight excluding hydrogens is 214 g/mol. The highest BCUT2D eigenvalue weighted by atomic mass is 16.5. The van der Waals surface area contributed by atoms with E-state index in [0.717, 1.165) is 44.1 Å². The molecular formula is C13H23N3O. The third-order valence-electron chi connectivity index (χ3n) is 3.53. The first-order valence-corrected chi connectivity index (χ1v) is 6.49. The first-order valence-electron chi connectivity index (χ1n) is 6.49. The molecule has 1 N–H and O–H groups in total. The predicted octanol–water partition coefficient (Wildman–Crippen LogP) is 2.30. The molecule has 1 aliphatic rings. The van der Waals surface area contributed by atoms with E-state index < -0.39 is 0 Å². The summed E-state index contributed by atoms with van der Waals surface area (Å²) in [7, 11) is 0. The van der Waals surface area contributed by atoms with Crippen LogP contribution in [0.5, 0.6) is 0 Å². The van der Waals surface area contributed by atoms with Crippen LogP contribution in [0.1, 0.15) is 52.3 Å². The molecule has 17 heavy (non-hydrogen) atoms. The van der Waals surface area contributed by atoms with Crippen LogP contribution in [0.25, 0.3) is 0 Å². The number of hydrogen-bond donors (Lipinski definition) is 1. The van der Waals surface area contributed by atoms with Gasteiger partial charge in [0.15, 0.2) is 5.82 Å². The zero-order valence-electron chi connectivity index (χ0n) is 11.3. The van der Waals surface area contributed by atoms with Gasteiger partial charge in [-0.1, -0.05) is 32.9 Å². The molecule has 0 saturated carbocycles. The molecule has 0 amide bonds. The highest BCUT2D eigenvalue weighted by molar-refractivity contribution is 5.10. The van der Waals surface area contributed by atoms with E-state index in [4.69, 9.17) is 4.52 Å². The Morgan fingerprint density at radius 2 is 2.18 bits per heavy atom. The van der Waals surface area contributed by atoms with Crippen molar-refractivity contribution in [3.05, 3.63) is 11.7 Å². The summed E-state index contributed by atoms with van der Waals surface area (Å²) in [6.07, 6.45) is 3.02. The summed E-state index contributed by atoms with van der Waals surface area (Å²) in [5.41, 5.74) is 0.275. The van der Waals surface area contributed by atoms with Gasteiger partial charge in [-0.2, -0.15) is 4.98 Å². The second-order valence-electron chi connectivity index (χ2n) is 6.31. The first-order chi connectivity index (χ1) is 7.95. The van der Waals surface area contributed by atoms with Crippen LogP contribution in [0, 0.1) is 5.41 Å². The van der Waals surface area contributed by atoms with Gasteiger partial charge in [-0.05, 0) is 24.8 Å². The Morgan fingerprint density at radius 3 is 2.71 bits per heavy atom. The number of rotatable bonds is 3. The van der Waals surface area contributed by atoms with Gasteiger partial charge in [0.25, 0.3) is 0 Å². The van der Waals surface area contributed by atoms with Gasteiger partial charge in [0.05, 0.1) is 5.41 Å². The summed E-state index contributed by atoms with van der Waals surface area (Å²) in [5, 5.41) is 7.52. The first kappa shape index (κ1) is 12.6. The molecule has 1 fully saturated rings. The van der Waals surface area contributed by atoms with Crippen LogP contribution >= 0.6 is 0 Å². The number of hydrogen-bond acceptors (Lipinski definition) is 4. The van der Waals surface area contributed by atoms with Crippen molar-refractivity contribution in [2.75, 3.05) is 13.1 Å².